The van der Waals surface area contributed by atoms with Crippen molar-refractivity contribution < 1.29 is 23.9 Å². The van der Waals surface area contributed by atoms with Crippen LogP contribution in [-0.4, -0.2) is 36.4 Å². The van der Waals surface area contributed by atoms with Crippen molar-refractivity contribution in [1.29, 1.82) is 0 Å². The molecule has 21 heavy (non-hydrogen) atoms. The number of hydrogen-bond acceptors (Lipinski definition) is 5. The molecular weight excluding hydrogens is 274 g/mol. The zero-order valence-electron chi connectivity index (χ0n) is 11.8. The molecular formula is C15H15NO5. The second-order valence-electron chi connectivity index (χ2n) is 4.23. The molecule has 0 spiro atoms. The fourth-order valence-corrected chi connectivity index (χ4v) is 2.04. The molecule has 2 rings (SSSR count). The quantitative estimate of drug-likeness (QED) is 0.674. The maximum absolute atomic E-state index is 11.8. The normalized spacial score (nSPS) is 10.4. The third-order valence-electron chi connectivity index (χ3n) is 2.95. The van der Waals surface area contributed by atoms with E-state index >= 15 is 0 Å². The van der Waals surface area contributed by atoms with E-state index in [1.807, 2.05) is 0 Å². The molecule has 0 aliphatic carbocycles. The first kappa shape index (κ1) is 14.8. The molecule has 0 bridgehead atoms. The first-order valence-corrected chi connectivity index (χ1v) is 6.57. The number of carbonyl (C=O) groups excluding carboxylic acids is 3. The minimum absolute atomic E-state index is 0.0860. The summed E-state index contributed by atoms with van der Waals surface area (Å²) in [5.41, 5.74) is 1.16. The van der Waals surface area contributed by atoms with E-state index in [2.05, 4.69) is 4.98 Å². The molecule has 2 aromatic rings. The second-order valence-corrected chi connectivity index (χ2v) is 4.23. The lowest BCUT2D eigenvalue weighted by atomic mass is 10.1. The summed E-state index contributed by atoms with van der Waals surface area (Å²) in [5, 5.41) is 0.485. The van der Waals surface area contributed by atoms with Gasteiger partial charge in [-0.1, -0.05) is 0 Å². The zero-order chi connectivity index (χ0) is 15.4. The van der Waals surface area contributed by atoms with E-state index in [1.165, 1.54) is 6.07 Å². The van der Waals surface area contributed by atoms with Gasteiger partial charge in [0.2, 0.25) is 0 Å². The molecule has 0 aliphatic rings. The van der Waals surface area contributed by atoms with E-state index < -0.39 is 11.9 Å². The van der Waals surface area contributed by atoms with Gasteiger partial charge in [-0.2, -0.15) is 0 Å². The molecule has 6 nitrogen and oxygen atoms in total. The third-order valence-corrected chi connectivity index (χ3v) is 2.95. The van der Waals surface area contributed by atoms with Crippen molar-refractivity contribution in [2.75, 3.05) is 13.2 Å². The van der Waals surface area contributed by atoms with Gasteiger partial charge in [-0.05, 0) is 32.0 Å². The van der Waals surface area contributed by atoms with Crippen LogP contribution < -0.4 is 0 Å². The van der Waals surface area contributed by atoms with Crippen LogP contribution in [-0.2, 0) is 9.47 Å². The lowest BCUT2D eigenvalue weighted by Gasteiger charge is -2.01. The van der Waals surface area contributed by atoms with Gasteiger partial charge in [-0.3, -0.25) is 4.79 Å². The molecule has 1 aromatic heterocycles. The highest BCUT2D eigenvalue weighted by Crippen LogP contribution is 2.23. The maximum Gasteiger partial charge on any atom is 0.355 e. The van der Waals surface area contributed by atoms with E-state index in [9.17, 15) is 14.4 Å². The Bertz CT molecular complexity index is 701. The summed E-state index contributed by atoms with van der Waals surface area (Å²) in [6, 6.07) is 4.72. The Morgan fingerprint density at radius 3 is 2.43 bits per heavy atom. The number of aldehydes is 1. The number of aromatic nitrogens is 1. The largest absolute Gasteiger partial charge is 0.462 e. The molecule has 1 heterocycles. The SMILES string of the molecule is CCOC(=O)c1ccc2[nH]c(C(=O)OCC)c(C=O)c2c1. The van der Waals surface area contributed by atoms with Gasteiger partial charge >= 0.3 is 11.9 Å². The number of carbonyl (C=O) groups is 3. The van der Waals surface area contributed by atoms with Crippen LogP contribution in [0.5, 0.6) is 0 Å². The predicted octanol–water partition coefficient (Wildman–Crippen LogP) is 2.33. The van der Waals surface area contributed by atoms with E-state index in [0.717, 1.165) is 0 Å². The highest BCUT2D eigenvalue weighted by Gasteiger charge is 2.19. The molecule has 1 N–H and O–H groups in total. The number of nitrogens with one attached hydrogen (secondary N) is 1. The Hall–Kier alpha value is -2.63. The number of esters is 2. The summed E-state index contributed by atoms with van der Waals surface area (Å²) in [6.07, 6.45) is 0.569. The van der Waals surface area contributed by atoms with Crippen molar-refractivity contribution in [3.8, 4) is 0 Å². The van der Waals surface area contributed by atoms with Gasteiger partial charge in [0, 0.05) is 10.9 Å². The number of hydrogen-bond donors (Lipinski definition) is 1. The van der Waals surface area contributed by atoms with Gasteiger partial charge in [0.05, 0.1) is 24.3 Å². The lowest BCUT2D eigenvalue weighted by molar-refractivity contribution is 0.0513. The second kappa shape index (κ2) is 6.21. The molecule has 0 aliphatic heterocycles. The van der Waals surface area contributed by atoms with Crippen LogP contribution in [0.15, 0.2) is 18.2 Å². The monoisotopic (exact) mass is 289 g/mol. The zero-order valence-corrected chi connectivity index (χ0v) is 11.8. The molecule has 0 fully saturated rings. The summed E-state index contributed by atoms with van der Waals surface area (Å²) in [7, 11) is 0. The fraction of sp³-hybridized carbons (Fsp3) is 0.267. The van der Waals surface area contributed by atoms with Gasteiger partial charge in [0.25, 0.3) is 0 Å². The molecule has 0 amide bonds. The standard InChI is InChI=1S/C15H15NO5/c1-3-20-14(18)9-5-6-12-10(7-9)11(8-17)13(16-12)15(19)21-4-2/h5-8,16H,3-4H2,1-2H3. The van der Waals surface area contributed by atoms with Crippen LogP contribution >= 0.6 is 0 Å². The molecule has 110 valence electrons. The molecule has 0 saturated heterocycles. The Labute approximate surface area is 121 Å². The highest BCUT2D eigenvalue weighted by atomic mass is 16.5. The Morgan fingerprint density at radius 2 is 1.81 bits per heavy atom. The smallest absolute Gasteiger partial charge is 0.355 e. The Balaban J connectivity index is 2.53. The average molecular weight is 289 g/mol. The number of benzene rings is 1. The van der Waals surface area contributed by atoms with E-state index in [4.69, 9.17) is 9.47 Å². The fourth-order valence-electron chi connectivity index (χ4n) is 2.04. The minimum atomic E-state index is -0.603. The number of rotatable bonds is 5. The summed E-state index contributed by atoms with van der Waals surface area (Å²) in [4.78, 5) is 37.6. The van der Waals surface area contributed by atoms with Crippen LogP contribution in [0.3, 0.4) is 0 Å². The number of fused-ring (bicyclic) bond motifs is 1. The van der Waals surface area contributed by atoms with Gasteiger partial charge in [-0.15, -0.1) is 0 Å². The summed E-state index contributed by atoms with van der Waals surface area (Å²) in [5.74, 6) is -1.08. The molecule has 0 radical (unpaired) electrons. The van der Waals surface area contributed by atoms with E-state index in [0.29, 0.717) is 22.8 Å². The van der Waals surface area contributed by atoms with Crippen LogP contribution in [0.2, 0.25) is 0 Å². The van der Waals surface area contributed by atoms with Crippen molar-refractivity contribution >= 4 is 29.1 Å². The van der Waals surface area contributed by atoms with Gasteiger partial charge in [0.15, 0.2) is 6.29 Å². The summed E-state index contributed by atoms with van der Waals surface area (Å²) >= 11 is 0. The average Bonchev–Trinajstić information content (AvgIpc) is 2.85. The van der Waals surface area contributed by atoms with E-state index in [-0.39, 0.29) is 24.5 Å². The Morgan fingerprint density at radius 1 is 1.14 bits per heavy atom. The van der Waals surface area contributed by atoms with Crippen molar-refractivity contribution in [2.45, 2.75) is 13.8 Å². The summed E-state index contributed by atoms with van der Waals surface area (Å²) in [6.45, 7) is 3.86. The van der Waals surface area contributed by atoms with Crippen LogP contribution in [0, 0.1) is 0 Å². The third kappa shape index (κ3) is 2.79. The maximum atomic E-state index is 11.8. The van der Waals surface area contributed by atoms with Gasteiger partial charge < -0.3 is 14.5 Å². The first-order valence-electron chi connectivity index (χ1n) is 6.57. The lowest BCUT2D eigenvalue weighted by Crippen LogP contribution is -2.07. The van der Waals surface area contributed by atoms with Crippen molar-refractivity contribution in [3.05, 3.63) is 35.0 Å². The van der Waals surface area contributed by atoms with Crippen LogP contribution in [0.4, 0.5) is 0 Å². The molecule has 0 saturated carbocycles. The van der Waals surface area contributed by atoms with Crippen molar-refractivity contribution in [1.82, 2.24) is 4.98 Å². The van der Waals surface area contributed by atoms with Crippen molar-refractivity contribution in [3.63, 3.8) is 0 Å². The molecule has 0 unspecified atom stereocenters. The first-order chi connectivity index (χ1) is 10.1. The topological polar surface area (TPSA) is 85.5 Å². The molecule has 0 atom stereocenters. The summed E-state index contributed by atoms with van der Waals surface area (Å²) < 4.78 is 9.81. The number of aromatic amines is 1. The van der Waals surface area contributed by atoms with Crippen LogP contribution in [0.1, 0.15) is 45.1 Å². The minimum Gasteiger partial charge on any atom is -0.462 e. The van der Waals surface area contributed by atoms with Gasteiger partial charge in [0.1, 0.15) is 5.69 Å². The van der Waals surface area contributed by atoms with E-state index in [1.54, 1.807) is 26.0 Å². The molecule has 1 aromatic carbocycles. The number of H-pyrrole nitrogens is 1. The predicted molar refractivity (Wildman–Crippen MR) is 75.6 cm³/mol. The number of ether oxygens (including phenoxy) is 2. The molecule has 6 heteroatoms. The highest BCUT2D eigenvalue weighted by molar-refractivity contribution is 6.09. The van der Waals surface area contributed by atoms with Crippen LogP contribution in [0.25, 0.3) is 10.9 Å². The van der Waals surface area contributed by atoms with Gasteiger partial charge in [-0.25, -0.2) is 9.59 Å². The Kier molecular flexibility index (Phi) is 4.37. The van der Waals surface area contributed by atoms with Crippen molar-refractivity contribution in [2.24, 2.45) is 0 Å².